The summed E-state index contributed by atoms with van der Waals surface area (Å²) in [6, 6.07) is 16.6. The van der Waals surface area contributed by atoms with Gasteiger partial charge >= 0.3 is 0 Å². The Morgan fingerprint density at radius 1 is 1.16 bits per heavy atom. The number of hydrogen-bond acceptors (Lipinski definition) is 6. The van der Waals surface area contributed by atoms with Crippen LogP contribution >= 0.6 is 11.3 Å². The maximum atomic E-state index is 13.0. The van der Waals surface area contributed by atoms with Gasteiger partial charge in [0, 0.05) is 46.4 Å². The minimum Gasteiger partial charge on any atom is -0.497 e. The second-order valence-electron chi connectivity index (χ2n) is 10.0. The molecule has 1 saturated heterocycles. The predicted molar refractivity (Wildman–Crippen MR) is 146 cm³/mol. The molecule has 2 aromatic carbocycles. The number of amides is 1. The number of nitrogens with one attached hydrogen (secondary N) is 2. The second-order valence-corrected chi connectivity index (χ2v) is 11.2. The monoisotopic (exact) mass is 512 g/mol. The summed E-state index contributed by atoms with van der Waals surface area (Å²) in [6.45, 7) is 4.62. The van der Waals surface area contributed by atoms with Crippen molar-refractivity contribution in [1.29, 1.82) is 0 Å². The molecule has 1 spiro atoms. The number of aromatic amines is 1. The van der Waals surface area contributed by atoms with Crippen molar-refractivity contribution in [3.8, 4) is 5.75 Å². The van der Waals surface area contributed by atoms with Crippen molar-refractivity contribution < 1.29 is 14.3 Å². The molecule has 2 fully saturated rings. The highest BCUT2D eigenvalue weighted by Crippen LogP contribution is 2.65. The van der Waals surface area contributed by atoms with E-state index in [-0.39, 0.29) is 11.8 Å². The molecule has 1 amide bonds. The van der Waals surface area contributed by atoms with Crippen LogP contribution in [0.4, 0.5) is 5.69 Å². The fraction of sp³-hybridized carbons (Fsp3) is 0.310. The fourth-order valence-corrected chi connectivity index (χ4v) is 6.77. The van der Waals surface area contributed by atoms with E-state index in [1.807, 2.05) is 29.5 Å². The molecule has 2 N–H and O–H groups in total. The first-order valence-corrected chi connectivity index (χ1v) is 13.5. The molecule has 1 aliphatic carbocycles. The van der Waals surface area contributed by atoms with Gasteiger partial charge in [0.25, 0.3) is 0 Å². The summed E-state index contributed by atoms with van der Waals surface area (Å²) in [4.78, 5) is 18.0. The van der Waals surface area contributed by atoms with Gasteiger partial charge in [-0.25, -0.2) is 0 Å². The second kappa shape index (κ2) is 8.83. The molecule has 4 heterocycles. The summed E-state index contributed by atoms with van der Waals surface area (Å²) < 4.78 is 10.9. The van der Waals surface area contributed by atoms with Gasteiger partial charge in [-0.3, -0.25) is 14.8 Å². The summed E-state index contributed by atoms with van der Waals surface area (Å²) in [5.74, 6) is 1.00. The summed E-state index contributed by atoms with van der Waals surface area (Å²) in [6.07, 6.45) is 5.02. The van der Waals surface area contributed by atoms with Crippen LogP contribution in [-0.4, -0.2) is 54.4 Å². The molecule has 0 unspecified atom stereocenters. The number of H-pyrrole nitrogens is 1. The Bertz CT molecular complexity index is 1530. The quantitative estimate of drug-likeness (QED) is 0.380. The van der Waals surface area contributed by atoms with Crippen LogP contribution < -0.4 is 10.1 Å². The lowest BCUT2D eigenvalue weighted by atomic mass is 9.91. The minimum atomic E-state index is -0.502. The van der Waals surface area contributed by atoms with Crippen LogP contribution in [0.1, 0.15) is 38.9 Å². The van der Waals surface area contributed by atoms with Crippen molar-refractivity contribution in [2.75, 3.05) is 38.7 Å². The largest absolute Gasteiger partial charge is 0.497 e. The van der Waals surface area contributed by atoms with E-state index >= 15 is 0 Å². The van der Waals surface area contributed by atoms with Gasteiger partial charge in [-0.2, -0.15) is 5.10 Å². The van der Waals surface area contributed by atoms with Crippen molar-refractivity contribution >= 4 is 46.0 Å². The molecule has 4 aromatic rings. The van der Waals surface area contributed by atoms with Crippen molar-refractivity contribution in [3.05, 3.63) is 75.1 Å². The van der Waals surface area contributed by atoms with E-state index in [0.29, 0.717) is 0 Å². The van der Waals surface area contributed by atoms with Gasteiger partial charge in [-0.1, -0.05) is 12.1 Å². The first-order chi connectivity index (χ1) is 18.1. The van der Waals surface area contributed by atoms with E-state index in [4.69, 9.17) is 9.47 Å². The standard InChI is InChI=1S/C29H28N4O3S/c1-35-19-3-8-26-23(15-19)29(28(34)30-26)16-24(29)18-2-7-22-25(31-32-27(22)14-18)9-6-20-4-5-21(37-20)17-33-10-12-36-13-11-33/h2-9,14-15,24H,10-13,16-17H2,1H3,(H,30,34)(H,31,32)/t24-,29-/m0/s1. The zero-order valence-corrected chi connectivity index (χ0v) is 21.4. The smallest absolute Gasteiger partial charge is 0.235 e. The number of ether oxygens (including phenoxy) is 2. The van der Waals surface area contributed by atoms with Crippen LogP contribution in [0.5, 0.6) is 5.75 Å². The van der Waals surface area contributed by atoms with Gasteiger partial charge in [0.2, 0.25) is 5.91 Å². The van der Waals surface area contributed by atoms with Gasteiger partial charge in [-0.15, -0.1) is 11.3 Å². The number of anilines is 1. The lowest BCUT2D eigenvalue weighted by Gasteiger charge is -2.25. The Labute approximate surface area is 219 Å². The average Bonchev–Trinajstić information content (AvgIpc) is 3.16. The lowest BCUT2D eigenvalue weighted by Crippen LogP contribution is -2.35. The fourth-order valence-electron chi connectivity index (χ4n) is 5.81. The zero-order chi connectivity index (χ0) is 25.0. The maximum Gasteiger partial charge on any atom is 0.235 e. The highest BCUT2D eigenvalue weighted by atomic mass is 32.1. The van der Waals surface area contributed by atoms with Crippen LogP contribution in [0.3, 0.4) is 0 Å². The number of carbonyl (C=O) groups excluding carboxylic acids is 1. The number of fused-ring (bicyclic) bond motifs is 3. The first-order valence-electron chi connectivity index (χ1n) is 12.7. The predicted octanol–water partition coefficient (Wildman–Crippen LogP) is 5.01. The van der Waals surface area contributed by atoms with E-state index in [9.17, 15) is 4.79 Å². The molecule has 188 valence electrons. The molecule has 37 heavy (non-hydrogen) atoms. The number of thiophene rings is 1. The summed E-state index contributed by atoms with van der Waals surface area (Å²) in [7, 11) is 1.66. The van der Waals surface area contributed by atoms with Crippen molar-refractivity contribution in [3.63, 3.8) is 0 Å². The third-order valence-electron chi connectivity index (χ3n) is 7.91. The molecule has 2 aromatic heterocycles. The number of carbonyl (C=O) groups is 1. The molecule has 7 rings (SSSR count). The number of nitrogens with zero attached hydrogens (tertiary/aromatic N) is 2. The molecular formula is C29H28N4O3S. The van der Waals surface area contributed by atoms with Crippen LogP contribution in [0.25, 0.3) is 23.1 Å². The van der Waals surface area contributed by atoms with Crippen molar-refractivity contribution in [1.82, 2.24) is 15.1 Å². The van der Waals surface area contributed by atoms with Crippen molar-refractivity contribution in [2.45, 2.75) is 24.3 Å². The summed E-state index contributed by atoms with van der Waals surface area (Å²) in [5, 5.41) is 11.9. The SMILES string of the molecule is COc1ccc2c(c1)[C@]1(C[C@H]1c1ccc3c(C=Cc4ccc(CN5CCOCC5)s4)n[nH]c3c1)C(=O)N2. The van der Waals surface area contributed by atoms with Gasteiger partial charge in [0.15, 0.2) is 0 Å². The Kier molecular flexibility index (Phi) is 5.42. The Morgan fingerprint density at radius 2 is 2.05 bits per heavy atom. The molecule has 3 aliphatic rings. The number of benzene rings is 2. The van der Waals surface area contributed by atoms with E-state index in [0.717, 1.165) is 78.4 Å². The molecule has 8 heteroatoms. The lowest BCUT2D eigenvalue weighted by molar-refractivity contribution is -0.118. The Hall–Kier alpha value is -3.46. The zero-order valence-electron chi connectivity index (χ0n) is 20.6. The molecule has 0 radical (unpaired) electrons. The topological polar surface area (TPSA) is 79.5 Å². The van der Waals surface area contributed by atoms with E-state index < -0.39 is 5.41 Å². The van der Waals surface area contributed by atoms with E-state index in [1.54, 1.807) is 7.11 Å². The van der Waals surface area contributed by atoms with Crippen molar-refractivity contribution in [2.24, 2.45) is 0 Å². The Morgan fingerprint density at radius 3 is 2.92 bits per heavy atom. The molecule has 2 atom stereocenters. The summed E-state index contributed by atoms with van der Waals surface area (Å²) >= 11 is 1.82. The maximum absolute atomic E-state index is 13.0. The molecular weight excluding hydrogens is 484 g/mol. The van der Waals surface area contributed by atoms with Crippen LogP contribution in [0.2, 0.25) is 0 Å². The summed E-state index contributed by atoms with van der Waals surface area (Å²) in [5.41, 5.74) is 4.50. The van der Waals surface area contributed by atoms with Crippen LogP contribution in [-0.2, 0) is 21.5 Å². The molecule has 7 nitrogen and oxygen atoms in total. The third-order valence-corrected chi connectivity index (χ3v) is 8.95. The number of methoxy groups -OCH3 is 1. The minimum absolute atomic E-state index is 0.0815. The van der Waals surface area contributed by atoms with Gasteiger partial charge in [0.05, 0.1) is 36.9 Å². The Balaban J connectivity index is 1.09. The first kappa shape index (κ1) is 22.7. The van der Waals surface area contributed by atoms with Gasteiger partial charge < -0.3 is 14.8 Å². The number of rotatable bonds is 6. The van der Waals surface area contributed by atoms with E-state index in [1.165, 1.54) is 9.75 Å². The molecule has 1 saturated carbocycles. The number of hydrogen-bond donors (Lipinski definition) is 2. The van der Waals surface area contributed by atoms with Gasteiger partial charge in [-0.05, 0) is 66.1 Å². The van der Waals surface area contributed by atoms with Gasteiger partial charge in [0.1, 0.15) is 5.75 Å². The average molecular weight is 513 g/mol. The molecule has 0 bridgehead atoms. The third kappa shape index (κ3) is 3.87. The molecule has 2 aliphatic heterocycles. The number of aromatic nitrogens is 2. The highest BCUT2D eigenvalue weighted by Gasteiger charge is 2.65. The van der Waals surface area contributed by atoms with Crippen LogP contribution in [0, 0.1) is 0 Å². The van der Waals surface area contributed by atoms with Crippen LogP contribution in [0.15, 0.2) is 48.5 Å². The number of morpholine rings is 1. The van der Waals surface area contributed by atoms with E-state index in [2.05, 4.69) is 62.9 Å². The highest BCUT2D eigenvalue weighted by molar-refractivity contribution is 7.12. The normalized spacial score (nSPS) is 23.2.